The number of rotatable bonds is 2. The molecule has 0 aromatic carbocycles. The Balaban J connectivity index is 2.62. The SMILES string of the molecule is NC(=O)C1(N)CC1C=O. The van der Waals surface area contributed by atoms with Crippen LogP contribution in [0.3, 0.4) is 0 Å². The molecule has 4 N–H and O–H groups in total. The van der Waals surface area contributed by atoms with E-state index in [-0.39, 0.29) is 5.92 Å². The van der Waals surface area contributed by atoms with Gasteiger partial charge in [0.1, 0.15) is 11.8 Å². The lowest BCUT2D eigenvalue weighted by Gasteiger charge is -1.99. The average molecular weight is 128 g/mol. The third-order valence-corrected chi connectivity index (χ3v) is 1.68. The summed E-state index contributed by atoms with van der Waals surface area (Å²) in [6.45, 7) is 0. The molecule has 1 amide bonds. The zero-order valence-corrected chi connectivity index (χ0v) is 4.83. The van der Waals surface area contributed by atoms with Crippen molar-refractivity contribution < 1.29 is 9.59 Å². The van der Waals surface area contributed by atoms with Crippen molar-refractivity contribution in [2.75, 3.05) is 0 Å². The van der Waals surface area contributed by atoms with E-state index in [4.69, 9.17) is 11.5 Å². The van der Waals surface area contributed by atoms with Gasteiger partial charge in [-0.2, -0.15) is 0 Å². The Morgan fingerprint density at radius 1 is 1.78 bits per heavy atom. The summed E-state index contributed by atoms with van der Waals surface area (Å²) in [7, 11) is 0. The fraction of sp³-hybridized carbons (Fsp3) is 0.600. The maximum absolute atomic E-state index is 10.4. The molecule has 0 aromatic heterocycles. The molecular weight excluding hydrogens is 120 g/mol. The summed E-state index contributed by atoms with van der Waals surface area (Å²) in [6.07, 6.45) is 1.08. The topological polar surface area (TPSA) is 86.2 Å². The second kappa shape index (κ2) is 1.54. The number of hydrogen-bond donors (Lipinski definition) is 2. The number of carbonyl (C=O) groups is 2. The van der Waals surface area contributed by atoms with Gasteiger partial charge in [-0.1, -0.05) is 0 Å². The van der Waals surface area contributed by atoms with Crippen molar-refractivity contribution in [2.24, 2.45) is 17.4 Å². The molecule has 1 saturated carbocycles. The molecular formula is C5H8N2O2. The first-order chi connectivity index (χ1) is 4.11. The summed E-state index contributed by atoms with van der Waals surface area (Å²) < 4.78 is 0. The molecule has 0 aliphatic heterocycles. The zero-order valence-electron chi connectivity index (χ0n) is 4.83. The molecule has 0 spiro atoms. The second-order valence-electron chi connectivity index (χ2n) is 2.35. The Bertz CT molecular complexity index is 168. The lowest BCUT2D eigenvalue weighted by Crippen LogP contribution is -2.41. The fourth-order valence-corrected chi connectivity index (χ4v) is 0.758. The van der Waals surface area contributed by atoms with E-state index in [1.54, 1.807) is 0 Å². The molecule has 50 valence electrons. The van der Waals surface area contributed by atoms with Gasteiger partial charge < -0.3 is 16.3 Å². The van der Waals surface area contributed by atoms with Crippen LogP contribution in [0.1, 0.15) is 6.42 Å². The molecule has 4 heteroatoms. The Kier molecular flexibility index (Phi) is 1.06. The first-order valence-corrected chi connectivity index (χ1v) is 2.65. The van der Waals surface area contributed by atoms with Crippen molar-refractivity contribution in [3.05, 3.63) is 0 Å². The molecule has 1 aliphatic carbocycles. The monoisotopic (exact) mass is 128 g/mol. The Hall–Kier alpha value is -0.900. The molecule has 0 heterocycles. The van der Waals surface area contributed by atoms with Gasteiger partial charge in [-0.15, -0.1) is 0 Å². The highest BCUT2D eigenvalue weighted by Gasteiger charge is 2.56. The molecule has 1 aliphatic rings. The Labute approximate surface area is 52.2 Å². The van der Waals surface area contributed by atoms with Crippen LogP contribution < -0.4 is 11.5 Å². The third-order valence-electron chi connectivity index (χ3n) is 1.68. The molecule has 1 fully saturated rings. The number of aldehydes is 1. The van der Waals surface area contributed by atoms with Crippen molar-refractivity contribution in [3.63, 3.8) is 0 Å². The summed E-state index contributed by atoms with van der Waals surface area (Å²) >= 11 is 0. The molecule has 0 saturated heterocycles. The van der Waals surface area contributed by atoms with Gasteiger partial charge in [0, 0.05) is 5.92 Å². The van der Waals surface area contributed by atoms with E-state index in [9.17, 15) is 9.59 Å². The number of primary amides is 1. The van der Waals surface area contributed by atoms with Crippen LogP contribution in [0, 0.1) is 5.92 Å². The van der Waals surface area contributed by atoms with E-state index in [1.807, 2.05) is 0 Å². The molecule has 4 nitrogen and oxygen atoms in total. The predicted octanol–water partition coefficient (Wildman–Crippen LogP) is -1.61. The molecule has 0 bridgehead atoms. The first kappa shape index (κ1) is 6.22. The summed E-state index contributed by atoms with van der Waals surface area (Å²) in [5, 5.41) is 0. The van der Waals surface area contributed by atoms with Crippen LogP contribution in [-0.2, 0) is 9.59 Å². The maximum Gasteiger partial charge on any atom is 0.238 e. The number of amides is 1. The van der Waals surface area contributed by atoms with Gasteiger partial charge in [0.2, 0.25) is 5.91 Å². The van der Waals surface area contributed by atoms with Crippen LogP contribution >= 0.6 is 0 Å². The lowest BCUT2D eigenvalue weighted by molar-refractivity contribution is -0.121. The van der Waals surface area contributed by atoms with Crippen molar-refractivity contribution in [2.45, 2.75) is 12.0 Å². The standard InChI is InChI=1S/C5H8N2O2/c6-4(9)5(7)1-3(5)2-8/h2-3H,1,7H2,(H2,6,9). The second-order valence-corrected chi connectivity index (χ2v) is 2.35. The minimum atomic E-state index is -1.01. The normalized spacial score (nSPS) is 39.9. The van der Waals surface area contributed by atoms with Crippen LogP contribution in [0.25, 0.3) is 0 Å². The highest BCUT2D eigenvalue weighted by Crippen LogP contribution is 2.38. The molecule has 9 heavy (non-hydrogen) atoms. The smallest absolute Gasteiger partial charge is 0.238 e. The van der Waals surface area contributed by atoms with Gasteiger partial charge in [-0.25, -0.2) is 0 Å². The quantitative estimate of drug-likeness (QED) is 0.438. The molecule has 0 aromatic rings. The fourth-order valence-electron chi connectivity index (χ4n) is 0.758. The van der Waals surface area contributed by atoms with E-state index >= 15 is 0 Å². The lowest BCUT2D eigenvalue weighted by atomic mass is 10.2. The molecule has 2 unspecified atom stereocenters. The van der Waals surface area contributed by atoms with Crippen molar-refractivity contribution >= 4 is 12.2 Å². The van der Waals surface area contributed by atoms with Crippen LogP contribution in [0.4, 0.5) is 0 Å². The largest absolute Gasteiger partial charge is 0.368 e. The molecule has 1 rings (SSSR count). The third kappa shape index (κ3) is 0.712. The van der Waals surface area contributed by atoms with E-state index in [0.29, 0.717) is 12.7 Å². The van der Waals surface area contributed by atoms with E-state index in [0.717, 1.165) is 0 Å². The predicted molar refractivity (Wildman–Crippen MR) is 30.3 cm³/mol. The summed E-state index contributed by atoms with van der Waals surface area (Å²) in [5.41, 5.74) is 9.20. The average Bonchev–Trinajstić information content (AvgIpc) is 2.44. The van der Waals surface area contributed by atoms with Gasteiger partial charge >= 0.3 is 0 Å². The minimum absolute atomic E-state index is 0.338. The van der Waals surface area contributed by atoms with Gasteiger partial charge in [0.15, 0.2) is 0 Å². The van der Waals surface area contributed by atoms with Gasteiger partial charge in [-0.3, -0.25) is 4.79 Å². The summed E-state index contributed by atoms with van der Waals surface area (Å²) in [6, 6.07) is 0. The van der Waals surface area contributed by atoms with Crippen molar-refractivity contribution in [1.29, 1.82) is 0 Å². The first-order valence-electron chi connectivity index (χ1n) is 2.65. The van der Waals surface area contributed by atoms with Gasteiger partial charge in [0.25, 0.3) is 0 Å². The van der Waals surface area contributed by atoms with Gasteiger partial charge in [0.05, 0.1) is 0 Å². The molecule has 2 atom stereocenters. The Morgan fingerprint density at radius 3 is 2.44 bits per heavy atom. The number of nitrogens with two attached hydrogens (primary N) is 2. The number of carbonyl (C=O) groups excluding carboxylic acids is 2. The van der Waals surface area contributed by atoms with E-state index < -0.39 is 11.4 Å². The number of hydrogen-bond acceptors (Lipinski definition) is 3. The zero-order chi connectivity index (χ0) is 7.07. The highest BCUT2D eigenvalue weighted by molar-refractivity contribution is 5.93. The summed E-state index contributed by atoms with van der Waals surface area (Å²) in [4.78, 5) is 20.4. The highest BCUT2D eigenvalue weighted by atomic mass is 16.2. The molecule has 0 radical (unpaired) electrons. The Morgan fingerprint density at radius 2 is 2.33 bits per heavy atom. The van der Waals surface area contributed by atoms with Crippen LogP contribution in [-0.4, -0.2) is 17.7 Å². The van der Waals surface area contributed by atoms with Crippen molar-refractivity contribution in [3.8, 4) is 0 Å². The van der Waals surface area contributed by atoms with Crippen molar-refractivity contribution in [1.82, 2.24) is 0 Å². The maximum atomic E-state index is 10.4. The van der Waals surface area contributed by atoms with Crippen LogP contribution in [0.15, 0.2) is 0 Å². The van der Waals surface area contributed by atoms with Crippen LogP contribution in [0.5, 0.6) is 0 Å². The van der Waals surface area contributed by atoms with Crippen LogP contribution in [0.2, 0.25) is 0 Å². The van der Waals surface area contributed by atoms with Gasteiger partial charge in [-0.05, 0) is 6.42 Å². The van der Waals surface area contributed by atoms with E-state index in [1.165, 1.54) is 0 Å². The minimum Gasteiger partial charge on any atom is -0.368 e. The summed E-state index contributed by atoms with van der Waals surface area (Å²) in [5.74, 6) is -0.922. The van der Waals surface area contributed by atoms with E-state index in [2.05, 4.69) is 0 Å².